The zero-order valence-electron chi connectivity index (χ0n) is 11.1. The third-order valence-corrected chi connectivity index (χ3v) is 4.24. The van der Waals surface area contributed by atoms with Crippen LogP contribution < -0.4 is 0 Å². The summed E-state index contributed by atoms with van der Waals surface area (Å²) in [4.78, 5) is 13.0. The van der Waals surface area contributed by atoms with E-state index >= 15 is 0 Å². The van der Waals surface area contributed by atoms with E-state index in [-0.39, 0.29) is 12.1 Å². The van der Waals surface area contributed by atoms with Crippen LogP contribution in [0.1, 0.15) is 18.6 Å². The number of hydrogen-bond donors (Lipinski definition) is 1. The highest BCUT2D eigenvalue weighted by atomic mass is 32.2. The molecule has 20 heavy (non-hydrogen) atoms. The van der Waals surface area contributed by atoms with Crippen LogP contribution in [0.5, 0.6) is 0 Å². The molecule has 0 saturated heterocycles. The summed E-state index contributed by atoms with van der Waals surface area (Å²) in [6.45, 7) is 1.86. The van der Waals surface area contributed by atoms with Gasteiger partial charge in [-0.2, -0.15) is 12.6 Å². The Morgan fingerprint density at radius 3 is 2.20 bits per heavy atom. The molecule has 0 spiro atoms. The van der Waals surface area contributed by atoms with Crippen molar-refractivity contribution in [2.75, 3.05) is 0 Å². The molecule has 0 bridgehead atoms. The summed E-state index contributed by atoms with van der Waals surface area (Å²) in [7, 11) is 0. The minimum absolute atomic E-state index is 0.269. The lowest BCUT2D eigenvalue weighted by Crippen LogP contribution is -2.17. The maximum absolute atomic E-state index is 12.0. The summed E-state index contributed by atoms with van der Waals surface area (Å²) >= 11 is 5.69. The van der Waals surface area contributed by atoms with Crippen LogP contribution in [0.3, 0.4) is 0 Å². The first kappa shape index (κ1) is 15.0. The van der Waals surface area contributed by atoms with Gasteiger partial charge in [-0.05, 0) is 24.6 Å². The molecule has 0 aliphatic carbocycles. The monoisotopic (exact) mass is 304 g/mol. The zero-order chi connectivity index (χ0) is 14.4. The van der Waals surface area contributed by atoms with Gasteiger partial charge in [-0.3, -0.25) is 0 Å². The van der Waals surface area contributed by atoms with Crippen molar-refractivity contribution in [1.82, 2.24) is 0 Å². The molecule has 2 aromatic rings. The average Bonchev–Trinajstić information content (AvgIpc) is 2.49. The molecule has 2 atom stereocenters. The SMILES string of the molecule is CC(OC(=O)C(S)Sc1ccccc1)c1ccccc1. The Bertz CT molecular complexity index is 543. The summed E-state index contributed by atoms with van der Waals surface area (Å²) in [5.41, 5.74) is 0.978. The third-order valence-electron chi connectivity index (χ3n) is 2.75. The van der Waals surface area contributed by atoms with Gasteiger partial charge >= 0.3 is 5.97 Å². The van der Waals surface area contributed by atoms with Gasteiger partial charge in [0.15, 0.2) is 0 Å². The van der Waals surface area contributed by atoms with E-state index in [1.807, 2.05) is 67.6 Å². The Labute approximate surface area is 129 Å². The van der Waals surface area contributed by atoms with Gasteiger partial charge in [0, 0.05) is 4.90 Å². The predicted molar refractivity (Wildman–Crippen MR) is 86.0 cm³/mol. The zero-order valence-corrected chi connectivity index (χ0v) is 12.8. The number of carbonyl (C=O) groups excluding carboxylic acids is 1. The molecule has 0 heterocycles. The van der Waals surface area contributed by atoms with Gasteiger partial charge in [0.05, 0.1) is 0 Å². The van der Waals surface area contributed by atoms with E-state index in [0.29, 0.717) is 0 Å². The molecular weight excluding hydrogens is 288 g/mol. The van der Waals surface area contributed by atoms with Crippen LogP contribution in [-0.4, -0.2) is 10.6 Å². The molecule has 0 amide bonds. The summed E-state index contributed by atoms with van der Waals surface area (Å²) < 4.78 is 4.91. The Balaban J connectivity index is 1.91. The van der Waals surface area contributed by atoms with Gasteiger partial charge in [-0.25, -0.2) is 4.79 Å². The standard InChI is InChI=1S/C16H16O2S2/c1-12(13-8-4-2-5-9-13)18-15(17)16(19)20-14-10-6-3-7-11-14/h2-12,16,19H,1H3. The van der Waals surface area contributed by atoms with Gasteiger partial charge in [0.25, 0.3) is 0 Å². The van der Waals surface area contributed by atoms with Gasteiger partial charge < -0.3 is 4.74 Å². The van der Waals surface area contributed by atoms with E-state index < -0.39 is 4.58 Å². The Morgan fingerprint density at radius 2 is 1.60 bits per heavy atom. The summed E-state index contributed by atoms with van der Waals surface area (Å²) in [6.07, 6.45) is -0.269. The number of esters is 1. The molecule has 2 unspecified atom stereocenters. The van der Waals surface area contributed by atoms with Crippen molar-refractivity contribution in [3.05, 3.63) is 66.2 Å². The molecule has 0 radical (unpaired) electrons. The number of carbonyl (C=O) groups is 1. The van der Waals surface area contributed by atoms with Gasteiger partial charge in [0.2, 0.25) is 0 Å². The van der Waals surface area contributed by atoms with E-state index in [2.05, 4.69) is 12.6 Å². The van der Waals surface area contributed by atoms with E-state index in [0.717, 1.165) is 10.5 Å². The van der Waals surface area contributed by atoms with Crippen molar-refractivity contribution in [3.63, 3.8) is 0 Å². The Morgan fingerprint density at radius 1 is 1.05 bits per heavy atom. The molecule has 0 aromatic heterocycles. The maximum Gasteiger partial charge on any atom is 0.330 e. The Hall–Kier alpha value is -1.39. The van der Waals surface area contributed by atoms with Gasteiger partial charge in [-0.1, -0.05) is 48.5 Å². The largest absolute Gasteiger partial charge is 0.456 e. The quantitative estimate of drug-likeness (QED) is 0.385. The van der Waals surface area contributed by atoms with E-state index in [4.69, 9.17) is 4.74 Å². The highest BCUT2D eigenvalue weighted by molar-refractivity contribution is 8.11. The number of hydrogen-bond acceptors (Lipinski definition) is 4. The van der Waals surface area contributed by atoms with E-state index in [1.165, 1.54) is 11.8 Å². The van der Waals surface area contributed by atoms with Crippen LogP contribution >= 0.6 is 24.4 Å². The summed E-state index contributed by atoms with van der Waals surface area (Å²) in [5.74, 6) is -0.321. The molecule has 0 fully saturated rings. The maximum atomic E-state index is 12.0. The first-order chi connectivity index (χ1) is 9.66. The third kappa shape index (κ3) is 4.32. The summed E-state index contributed by atoms with van der Waals surface area (Å²) in [5, 5.41) is 0. The van der Waals surface area contributed by atoms with Crippen molar-refractivity contribution >= 4 is 30.4 Å². The molecule has 0 N–H and O–H groups in total. The minimum atomic E-state index is -0.524. The van der Waals surface area contributed by atoms with Crippen LogP contribution in [-0.2, 0) is 9.53 Å². The number of thioether (sulfide) groups is 1. The number of rotatable bonds is 5. The molecule has 0 aliphatic rings. The fraction of sp³-hybridized carbons (Fsp3) is 0.188. The molecule has 104 valence electrons. The molecule has 0 saturated carbocycles. The van der Waals surface area contributed by atoms with Crippen LogP contribution in [0.2, 0.25) is 0 Å². The molecule has 0 aliphatic heterocycles. The summed E-state index contributed by atoms with van der Waals surface area (Å²) in [6, 6.07) is 19.4. The van der Waals surface area contributed by atoms with Crippen molar-refractivity contribution in [2.45, 2.75) is 22.5 Å². The number of benzene rings is 2. The van der Waals surface area contributed by atoms with Gasteiger partial charge in [-0.15, -0.1) is 11.8 Å². The van der Waals surface area contributed by atoms with Crippen LogP contribution in [0, 0.1) is 0 Å². The lowest BCUT2D eigenvalue weighted by molar-refractivity contribution is -0.146. The van der Waals surface area contributed by atoms with Crippen LogP contribution in [0.4, 0.5) is 0 Å². The van der Waals surface area contributed by atoms with Crippen LogP contribution in [0.25, 0.3) is 0 Å². The minimum Gasteiger partial charge on any atom is -0.456 e. The molecule has 2 nitrogen and oxygen atoms in total. The Kier molecular flexibility index (Phi) is 5.56. The normalized spacial score (nSPS) is 13.5. The topological polar surface area (TPSA) is 26.3 Å². The molecule has 2 rings (SSSR count). The van der Waals surface area contributed by atoms with Gasteiger partial charge in [0.1, 0.15) is 10.7 Å². The lowest BCUT2D eigenvalue weighted by atomic mass is 10.1. The second-order valence-corrected chi connectivity index (χ2v) is 6.32. The van der Waals surface area contributed by atoms with Crippen molar-refractivity contribution in [3.8, 4) is 0 Å². The fourth-order valence-corrected chi connectivity index (χ4v) is 2.85. The average molecular weight is 304 g/mol. The lowest BCUT2D eigenvalue weighted by Gasteiger charge is -2.16. The van der Waals surface area contributed by atoms with Crippen LogP contribution in [0.15, 0.2) is 65.6 Å². The molecular formula is C16H16O2S2. The number of thiol groups is 1. The van der Waals surface area contributed by atoms with E-state index in [9.17, 15) is 4.79 Å². The smallest absolute Gasteiger partial charge is 0.330 e. The van der Waals surface area contributed by atoms with Crippen molar-refractivity contribution < 1.29 is 9.53 Å². The second kappa shape index (κ2) is 7.41. The highest BCUT2D eigenvalue weighted by Crippen LogP contribution is 2.28. The first-order valence-corrected chi connectivity index (χ1v) is 7.71. The molecule has 4 heteroatoms. The number of ether oxygens (including phenoxy) is 1. The van der Waals surface area contributed by atoms with E-state index in [1.54, 1.807) is 0 Å². The first-order valence-electron chi connectivity index (χ1n) is 6.32. The van der Waals surface area contributed by atoms with Crippen molar-refractivity contribution in [1.29, 1.82) is 0 Å². The van der Waals surface area contributed by atoms with Crippen molar-refractivity contribution in [2.24, 2.45) is 0 Å². The fourth-order valence-electron chi connectivity index (χ4n) is 1.70. The highest BCUT2D eigenvalue weighted by Gasteiger charge is 2.20. The second-order valence-electron chi connectivity index (χ2n) is 4.27. The molecule has 2 aromatic carbocycles. The predicted octanol–water partition coefficient (Wildman–Crippen LogP) is 4.34.